The van der Waals surface area contributed by atoms with Crippen LogP contribution in [-0.2, 0) is 6.54 Å². The maximum atomic E-state index is 6.42. The van der Waals surface area contributed by atoms with Gasteiger partial charge in [0.1, 0.15) is 6.54 Å². The van der Waals surface area contributed by atoms with E-state index in [4.69, 9.17) is 20.8 Å². The molecule has 1 aromatic heterocycles. The van der Waals surface area contributed by atoms with Crippen LogP contribution in [0.15, 0.2) is 119 Å². The molecule has 1 aliphatic carbocycles. The third kappa shape index (κ3) is 5.78. The van der Waals surface area contributed by atoms with Crippen LogP contribution in [0.4, 0.5) is 22.7 Å². The molecule has 0 spiro atoms. The Hall–Kier alpha value is -4.68. The highest BCUT2D eigenvalue weighted by Gasteiger charge is 2.43. The van der Waals surface area contributed by atoms with E-state index in [1.165, 1.54) is 11.4 Å². The van der Waals surface area contributed by atoms with Gasteiger partial charge < -0.3 is 24.3 Å². The summed E-state index contributed by atoms with van der Waals surface area (Å²) in [6.07, 6.45) is 6.13. The SMILES string of the molecule is CCC(=Cc1oc2ccc(NC3CC3N(c3ccccc3)c3ccccc3)cc2[n+]1CC)C=C1Oc2ccc(Cl)cc2N1CC. The Bertz CT molecular complexity index is 1840. The third-order valence-electron chi connectivity index (χ3n) is 8.59. The summed E-state index contributed by atoms with van der Waals surface area (Å²) in [4.78, 5) is 4.60. The predicted molar refractivity (Wildman–Crippen MR) is 184 cm³/mol. The minimum atomic E-state index is 0.342. The molecule has 2 heterocycles. The largest absolute Gasteiger partial charge is 0.439 e. The number of hydrogen-bond donors (Lipinski definition) is 1. The van der Waals surface area contributed by atoms with E-state index in [9.17, 15) is 0 Å². The first kappa shape index (κ1) is 29.1. The van der Waals surface area contributed by atoms with Crippen LogP contribution in [-0.4, -0.2) is 18.6 Å². The lowest BCUT2D eigenvalue weighted by Crippen LogP contribution is -2.33. The number of fused-ring (bicyclic) bond motifs is 2. The summed E-state index contributed by atoms with van der Waals surface area (Å²) in [6.45, 7) is 7.99. The molecule has 2 atom stereocenters. The molecule has 45 heavy (non-hydrogen) atoms. The predicted octanol–water partition coefficient (Wildman–Crippen LogP) is 9.34. The summed E-state index contributed by atoms with van der Waals surface area (Å²) < 4.78 is 14.9. The van der Waals surface area contributed by atoms with E-state index in [0.717, 1.165) is 71.5 Å². The Labute approximate surface area is 269 Å². The number of nitrogens with zero attached hydrogens (tertiary/aromatic N) is 3. The van der Waals surface area contributed by atoms with Crippen molar-refractivity contribution in [2.45, 2.75) is 52.2 Å². The molecule has 6 nitrogen and oxygen atoms in total. The topological polar surface area (TPSA) is 44.8 Å². The van der Waals surface area contributed by atoms with Crippen molar-refractivity contribution in [3.05, 3.63) is 126 Å². The summed E-state index contributed by atoms with van der Waals surface area (Å²) in [7, 11) is 0. The fraction of sp³-hybridized carbons (Fsp3) is 0.237. The van der Waals surface area contributed by atoms with E-state index in [1.54, 1.807) is 0 Å². The van der Waals surface area contributed by atoms with Crippen LogP contribution in [0, 0.1) is 0 Å². The number of benzene rings is 4. The molecule has 1 aliphatic heterocycles. The summed E-state index contributed by atoms with van der Waals surface area (Å²) in [5.41, 5.74) is 7.57. The summed E-state index contributed by atoms with van der Waals surface area (Å²) in [5.74, 6) is 2.44. The second kappa shape index (κ2) is 12.4. The lowest BCUT2D eigenvalue weighted by atomic mass is 10.2. The number of allylic oxidation sites excluding steroid dienone is 2. The molecule has 2 aliphatic rings. The van der Waals surface area contributed by atoms with Crippen LogP contribution >= 0.6 is 11.6 Å². The number of hydrogen-bond acceptors (Lipinski definition) is 5. The summed E-state index contributed by atoms with van der Waals surface area (Å²) in [6, 6.07) is 34.2. The van der Waals surface area contributed by atoms with Crippen molar-refractivity contribution in [1.29, 1.82) is 0 Å². The third-order valence-corrected chi connectivity index (χ3v) is 8.83. The van der Waals surface area contributed by atoms with Gasteiger partial charge in [0.25, 0.3) is 5.52 Å². The lowest BCUT2D eigenvalue weighted by Gasteiger charge is -2.26. The molecule has 0 amide bonds. The van der Waals surface area contributed by atoms with E-state index in [-0.39, 0.29) is 0 Å². The lowest BCUT2D eigenvalue weighted by molar-refractivity contribution is -0.674. The fourth-order valence-electron chi connectivity index (χ4n) is 6.24. The molecule has 5 aromatic rings. The minimum Gasteiger partial charge on any atom is -0.439 e. The Morgan fingerprint density at radius 2 is 1.69 bits per heavy atom. The average Bonchev–Trinajstić information content (AvgIpc) is 3.58. The van der Waals surface area contributed by atoms with E-state index in [2.05, 4.69) is 131 Å². The number of ether oxygens (including phenoxy) is 1. The zero-order valence-electron chi connectivity index (χ0n) is 25.9. The standard InChI is InChI=1S/C38H38ClN4O2/c1-4-26(21-37-41(5-2)33-23-27(39)17-19-35(33)44-37)22-38-42(6-3)34-24-28(18-20-36(34)45-38)40-31-25-32(31)43(29-13-9-7-10-14-29)30-15-11-8-12-16-30/h7-24,31-32,40H,4-6,25H2,1-3H3/q+1. The first-order valence-electron chi connectivity index (χ1n) is 15.9. The molecule has 1 saturated carbocycles. The van der Waals surface area contributed by atoms with Gasteiger partial charge in [0, 0.05) is 46.8 Å². The van der Waals surface area contributed by atoms with Gasteiger partial charge in [0.15, 0.2) is 5.75 Å². The van der Waals surface area contributed by atoms with E-state index < -0.39 is 0 Å². The van der Waals surface area contributed by atoms with Gasteiger partial charge in [0.2, 0.25) is 11.5 Å². The minimum absolute atomic E-state index is 0.342. The fourth-order valence-corrected chi connectivity index (χ4v) is 6.41. The average molecular weight is 618 g/mol. The Morgan fingerprint density at radius 3 is 2.36 bits per heavy atom. The van der Waals surface area contributed by atoms with Crippen LogP contribution in [0.2, 0.25) is 5.02 Å². The molecule has 4 aromatic carbocycles. The van der Waals surface area contributed by atoms with Gasteiger partial charge in [-0.15, -0.1) is 0 Å². The molecule has 1 N–H and O–H groups in total. The highest BCUT2D eigenvalue weighted by Crippen LogP contribution is 2.42. The molecule has 1 fully saturated rings. The van der Waals surface area contributed by atoms with Gasteiger partial charge in [-0.25, -0.2) is 0 Å². The molecular weight excluding hydrogens is 580 g/mol. The number of halogens is 1. The second-order valence-electron chi connectivity index (χ2n) is 11.5. The van der Waals surface area contributed by atoms with Gasteiger partial charge in [0.05, 0.1) is 17.8 Å². The van der Waals surface area contributed by atoms with E-state index in [1.807, 2.05) is 18.2 Å². The molecule has 0 saturated heterocycles. The maximum absolute atomic E-state index is 6.42. The smallest absolute Gasteiger partial charge is 0.374 e. The number of nitrogens with one attached hydrogen (secondary N) is 1. The van der Waals surface area contributed by atoms with Crippen molar-refractivity contribution in [3.63, 3.8) is 0 Å². The quantitative estimate of drug-likeness (QED) is 0.158. The van der Waals surface area contributed by atoms with Gasteiger partial charge >= 0.3 is 5.89 Å². The molecule has 7 rings (SSSR count). The molecule has 0 bridgehead atoms. The summed E-state index contributed by atoms with van der Waals surface area (Å²) >= 11 is 6.28. The molecule has 228 valence electrons. The molecular formula is C38H38ClN4O2+. The van der Waals surface area contributed by atoms with Crippen molar-refractivity contribution < 1.29 is 13.7 Å². The second-order valence-corrected chi connectivity index (χ2v) is 11.9. The monoisotopic (exact) mass is 617 g/mol. The molecule has 7 heteroatoms. The first-order valence-corrected chi connectivity index (χ1v) is 16.2. The highest BCUT2D eigenvalue weighted by molar-refractivity contribution is 6.31. The number of aryl methyl sites for hydroxylation is 1. The number of aromatic nitrogens is 1. The van der Waals surface area contributed by atoms with Crippen molar-refractivity contribution in [1.82, 2.24) is 0 Å². The number of para-hydroxylation sites is 2. The van der Waals surface area contributed by atoms with Crippen molar-refractivity contribution in [2.75, 3.05) is 21.7 Å². The highest BCUT2D eigenvalue weighted by atomic mass is 35.5. The normalized spacial score (nSPS) is 18.3. The van der Waals surface area contributed by atoms with E-state index in [0.29, 0.717) is 17.1 Å². The summed E-state index contributed by atoms with van der Waals surface area (Å²) in [5, 5.41) is 4.51. The Balaban J connectivity index is 1.14. The molecule has 0 radical (unpaired) electrons. The first-order chi connectivity index (χ1) is 22.1. The number of anilines is 4. The number of oxazole rings is 1. The van der Waals surface area contributed by atoms with Gasteiger partial charge in [-0.3, -0.25) is 0 Å². The van der Waals surface area contributed by atoms with E-state index >= 15 is 0 Å². The maximum Gasteiger partial charge on any atom is 0.374 e. The zero-order valence-corrected chi connectivity index (χ0v) is 26.7. The van der Waals surface area contributed by atoms with Crippen LogP contribution in [0.5, 0.6) is 5.75 Å². The number of rotatable bonds is 10. The van der Waals surface area contributed by atoms with Gasteiger partial charge in [-0.05, 0) is 86.9 Å². The Morgan fingerprint density at radius 1 is 0.956 bits per heavy atom. The van der Waals surface area contributed by atoms with Crippen LogP contribution in [0.1, 0.15) is 39.5 Å². The Kier molecular flexibility index (Phi) is 7.99. The van der Waals surface area contributed by atoms with Crippen molar-refractivity contribution in [3.8, 4) is 5.75 Å². The van der Waals surface area contributed by atoms with Crippen molar-refractivity contribution in [2.24, 2.45) is 0 Å². The van der Waals surface area contributed by atoms with Crippen LogP contribution in [0.25, 0.3) is 17.2 Å². The van der Waals surface area contributed by atoms with Gasteiger partial charge in [-0.1, -0.05) is 54.9 Å². The van der Waals surface area contributed by atoms with Crippen LogP contribution in [0.3, 0.4) is 0 Å². The zero-order chi connectivity index (χ0) is 30.9. The van der Waals surface area contributed by atoms with Crippen LogP contribution < -0.4 is 24.4 Å². The molecule has 2 unspecified atom stereocenters. The van der Waals surface area contributed by atoms with Crippen molar-refractivity contribution >= 4 is 51.5 Å². The van der Waals surface area contributed by atoms with Gasteiger partial charge in [-0.2, -0.15) is 4.57 Å².